The first-order valence-electron chi connectivity index (χ1n) is 9.10. The summed E-state index contributed by atoms with van der Waals surface area (Å²) in [7, 11) is 0. The fourth-order valence-electron chi connectivity index (χ4n) is 2.82. The highest BCUT2D eigenvalue weighted by atomic mass is 19.4. The van der Waals surface area contributed by atoms with E-state index in [9.17, 15) is 36.2 Å². The molecule has 0 unspecified atom stereocenters. The number of aromatic hydroxyl groups is 1. The zero-order valence-corrected chi connectivity index (χ0v) is 16.1. The fourth-order valence-corrected chi connectivity index (χ4v) is 2.82. The van der Waals surface area contributed by atoms with Gasteiger partial charge < -0.3 is 10.4 Å². The van der Waals surface area contributed by atoms with Crippen LogP contribution >= 0.6 is 0 Å². The van der Waals surface area contributed by atoms with Gasteiger partial charge in [0.05, 0.1) is 16.7 Å². The predicted octanol–water partition coefficient (Wildman–Crippen LogP) is 6.85. The Balaban J connectivity index is 1.91. The number of hydrogen-bond acceptors (Lipinski definition) is 2. The molecule has 0 aromatic heterocycles. The summed E-state index contributed by atoms with van der Waals surface area (Å²) in [6.45, 7) is 0. The SMILES string of the molecule is O=C(Nc1cc(C(F)(F)F)cc(C(F)(F)F)c1)c1cc(/C=C/c2ccccc2)ccc1O. The van der Waals surface area contributed by atoms with Crippen LogP contribution in [0.2, 0.25) is 0 Å². The van der Waals surface area contributed by atoms with Crippen LogP contribution in [0.5, 0.6) is 5.75 Å². The Morgan fingerprint density at radius 2 is 1.31 bits per heavy atom. The standard InChI is InChI=1S/C23H15F6NO2/c24-22(25,26)16-11-17(23(27,28)29)13-18(12-16)30-21(32)19-10-15(8-9-20(19)31)7-6-14-4-2-1-3-5-14/h1-13,31H,(H,30,32)/b7-6+. The number of anilines is 1. The number of nitrogens with one attached hydrogen (secondary N) is 1. The van der Waals surface area contributed by atoms with Gasteiger partial charge >= 0.3 is 12.4 Å². The van der Waals surface area contributed by atoms with Gasteiger partial charge in [-0.2, -0.15) is 26.3 Å². The average molecular weight is 451 g/mol. The highest BCUT2D eigenvalue weighted by Gasteiger charge is 2.37. The van der Waals surface area contributed by atoms with Gasteiger partial charge in [0, 0.05) is 5.69 Å². The van der Waals surface area contributed by atoms with Crippen molar-refractivity contribution in [3.8, 4) is 5.75 Å². The molecule has 0 aliphatic heterocycles. The van der Waals surface area contributed by atoms with Crippen LogP contribution in [0, 0.1) is 0 Å². The molecule has 32 heavy (non-hydrogen) atoms. The summed E-state index contributed by atoms with van der Waals surface area (Å²) in [5.74, 6) is -1.55. The van der Waals surface area contributed by atoms with E-state index in [1.54, 1.807) is 12.2 Å². The number of benzene rings is 3. The lowest BCUT2D eigenvalue weighted by Gasteiger charge is -2.15. The Morgan fingerprint density at radius 1 is 0.750 bits per heavy atom. The third-order valence-corrected chi connectivity index (χ3v) is 4.38. The van der Waals surface area contributed by atoms with Gasteiger partial charge in [-0.05, 0) is 41.5 Å². The normalized spacial score (nSPS) is 12.2. The van der Waals surface area contributed by atoms with Gasteiger partial charge in [0.25, 0.3) is 5.91 Å². The molecule has 0 atom stereocenters. The highest BCUT2D eigenvalue weighted by Crippen LogP contribution is 2.37. The van der Waals surface area contributed by atoms with Crippen LogP contribution in [0.25, 0.3) is 12.2 Å². The molecule has 3 aromatic rings. The van der Waals surface area contributed by atoms with Gasteiger partial charge in [-0.3, -0.25) is 4.79 Å². The van der Waals surface area contributed by atoms with E-state index in [1.165, 1.54) is 18.2 Å². The molecule has 166 valence electrons. The van der Waals surface area contributed by atoms with Gasteiger partial charge in [-0.15, -0.1) is 0 Å². The average Bonchev–Trinajstić information content (AvgIpc) is 2.72. The molecule has 3 nitrogen and oxygen atoms in total. The Labute approximate surface area is 178 Å². The minimum Gasteiger partial charge on any atom is -0.507 e. The van der Waals surface area contributed by atoms with E-state index in [4.69, 9.17) is 0 Å². The molecule has 0 aliphatic rings. The number of hydrogen-bond donors (Lipinski definition) is 2. The molecule has 0 bridgehead atoms. The number of rotatable bonds is 4. The van der Waals surface area contributed by atoms with Crippen molar-refractivity contribution in [2.75, 3.05) is 5.32 Å². The van der Waals surface area contributed by atoms with Gasteiger partial charge in [0.2, 0.25) is 0 Å². The van der Waals surface area contributed by atoms with Crippen LogP contribution in [0.3, 0.4) is 0 Å². The zero-order valence-electron chi connectivity index (χ0n) is 16.1. The first-order chi connectivity index (χ1) is 14.9. The number of amides is 1. The van der Waals surface area contributed by atoms with Crippen molar-refractivity contribution < 1.29 is 36.2 Å². The molecule has 0 aliphatic carbocycles. The van der Waals surface area contributed by atoms with Crippen molar-refractivity contribution in [1.29, 1.82) is 0 Å². The van der Waals surface area contributed by atoms with Crippen molar-refractivity contribution in [3.05, 3.63) is 94.5 Å². The van der Waals surface area contributed by atoms with Gasteiger partial charge in [0.1, 0.15) is 5.75 Å². The monoisotopic (exact) mass is 451 g/mol. The Hall–Kier alpha value is -3.75. The van der Waals surface area contributed by atoms with Crippen LogP contribution in [-0.2, 0) is 12.4 Å². The van der Waals surface area contributed by atoms with Crippen molar-refractivity contribution >= 4 is 23.7 Å². The number of phenolic OH excluding ortho intramolecular Hbond substituents is 1. The third kappa shape index (κ3) is 5.69. The zero-order chi connectivity index (χ0) is 23.5. The number of alkyl halides is 6. The lowest BCUT2D eigenvalue weighted by molar-refractivity contribution is -0.143. The van der Waals surface area contributed by atoms with Gasteiger partial charge in [0.15, 0.2) is 0 Å². The summed E-state index contributed by atoms with van der Waals surface area (Å²) in [5, 5.41) is 12.0. The summed E-state index contributed by atoms with van der Waals surface area (Å²) < 4.78 is 78.1. The summed E-state index contributed by atoms with van der Waals surface area (Å²) >= 11 is 0. The summed E-state index contributed by atoms with van der Waals surface area (Å²) in [6.07, 6.45) is -6.73. The lowest BCUT2D eigenvalue weighted by atomic mass is 10.1. The first-order valence-corrected chi connectivity index (χ1v) is 9.10. The molecule has 0 saturated heterocycles. The summed E-state index contributed by atoms with van der Waals surface area (Å²) in [6, 6.07) is 13.8. The number of carbonyl (C=O) groups excluding carboxylic acids is 1. The Bertz CT molecular complexity index is 1120. The molecule has 0 heterocycles. The van der Waals surface area contributed by atoms with Crippen LogP contribution in [0.1, 0.15) is 32.6 Å². The van der Waals surface area contributed by atoms with E-state index in [1.807, 2.05) is 35.6 Å². The van der Waals surface area contributed by atoms with E-state index in [-0.39, 0.29) is 11.6 Å². The first kappa shape index (κ1) is 22.9. The minimum atomic E-state index is -5.05. The molecule has 0 radical (unpaired) electrons. The van der Waals surface area contributed by atoms with Gasteiger partial charge in [-0.1, -0.05) is 48.6 Å². The summed E-state index contributed by atoms with van der Waals surface area (Å²) in [4.78, 5) is 12.5. The van der Waals surface area contributed by atoms with Crippen LogP contribution < -0.4 is 5.32 Å². The molecule has 1 amide bonds. The fraction of sp³-hybridized carbons (Fsp3) is 0.0870. The third-order valence-electron chi connectivity index (χ3n) is 4.38. The van der Waals surface area contributed by atoms with Crippen molar-refractivity contribution in [3.63, 3.8) is 0 Å². The van der Waals surface area contributed by atoms with Gasteiger partial charge in [-0.25, -0.2) is 0 Å². The number of phenols is 1. The molecular weight excluding hydrogens is 436 g/mol. The van der Waals surface area contributed by atoms with Crippen LogP contribution in [0.4, 0.5) is 32.0 Å². The van der Waals surface area contributed by atoms with E-state index in [0.717, 1.165) is 5.56 Å². The van der Waals surface area contributed by atoms with E-state index in [2.05, 4.69) is 0 Å². The molecular formula is C23H15F6NO2. The molecule has 3 aromatic carbocycles. The van der Waals surface area contributed by atoms with E-state index >= 15 is 0 Å². The predicted molar refractivity (Wildman–Crippen MR) is 108 cm³/mol. The smallest absolute Gasteiger partial charge is 0.416 e. The molecule has 0 saturated carbocycles. The maximum atomic E-state index is 13.0. The van der Waals surface area contributed by atoms with Crippen molar-refractivity contribution in [2.24, 2.45) is 0 Å². The van der Waals surface area contributed by atoms with Crippen molar-refractivity contribution in [2.45, 2.75) is 12.4 Å². The Morgan fingerprint density at radius 3 is 1.88 bits per heavy atom. The van der Waals surface area contributed by atoms with Crippen LogP contribution in [-0.4, -0.2) is 11.0 Å². The quantitative estimate of drug-likeness (QED) is 0.337. The summed E-state index contributed by atoms with van der Waals surface area (Å²) in [5.41, 5.74) is -2.81. The second kappa shape index (κ2) is 8.78. The number of carbonyl (C=O) groups is 1. The second-order valence-electron chi connectivity index (χ2n) is 6.77. The number of halogens is 6. The van der Waals surface area contributed by atoms with Crippen LogP contribution in [0.15, 0.2) is 66.7 Å². The maximum absolute atomic E-state index is 13.0. The maximum Gasteiger partial charge on any atom is 0.416 e. The van der Waals surface area contributed by atoms with Crippen molar-refractivity contribution in [1.82, 2.24) is 0 Å². The second-order valence-corrected chi connectivity index (χ2v) is 6.77. The molecule has 0 spiro atoms. The Kier molecular flexibility index (Phi) is 6.29. The minimum absolute atomic E-state index is 0.0396. The van der Waals surface area contributed by atoms with E-state index < -0.39 is 40.8 Å². The van der Waals surface area contributed by atoms with E-state index in [0.29, 0.717) is 17.7 Å². The topological polar surface area (TPSA) is 49.3 Å². The molecule has 2 N–H and O–H groups in total. The highest BCUT2D eigenvalue weighted by molar-refractivity contribution is 6.06. The molecule has 9 heteroatoms. The molecule has 0 fully saturated rings. The largest absolute Gasteiger partial charge is 0.507 e. The molecule has 3 rings (SSSR count). The lowest BCUT2D eigenvalue weighted by Crippen LogP contribution is -2.16.